The van der Waals surface area contributed by atoms with E-state index in [2.05, 4.69) is 0 Å². The number of carbonyl (C=O) groups excluding carboxylic acids is 1. The zero-order valence-electron chi connectivity index (χ0n) is 13.5. The Morgan fingerprint density at radius 1 is 1.36 bits per heavy atom. The molecule has 1 heterocycles. The van der Waals surface area contributed by atoms with E-state index in [1.165, 1.54) is 4.90 Å². The van der Waals surface area contributed by atoms with Crippen LogP contribution in [0.1, 0.15) is 42.9 Å². The lowest BCUT2D eigenvalue weighted by Crippen LogP contribution is -2.44. The Morgan fingerprint density at radius 3 is 2.59 bits per heavy atom. The highest BCUT2D eigenvalue weighted by Crippen LogP contribution is 2.37. The number of hydrogen-bond donors (Lipinski definition) is 1. The van der Waals surface area contributed by atoms with E-state index >= 15 is 0 Å². The zero-order valence-corrected chi connectivity index (χ0v) is 13.5. The van der Waals surface area contributed by atoms with Crippen molar-refractivity contribution >= 4 is 11.9 Å². The molecule has 5 nitrogen and oxygen atoms in total. The zero-order chi connectivity index (χ0) is 16.4. The number of nitrogens with zero attached hydrogens (tertiary/aromatic N) is 1. The van der Waals surface area contributed by atoms with Gasteiger partial charge in [-0.25, -0.2) is 0 Å². The number of rotatable bonds is 5. The molecule has 1 aliphatic rings. The summed E-state index contributed by atoms with van der Waals surface area (Å²) >= 11 is 0. The molecule has 1 N–H and O–H groups in total. The van der Waals surface area contributed by atoms with Gasteiger partial charge in [-0.2, -0.15) is 0 Å². The molecule has 1 aromatic rings. The summed E-state index contributed by atoms with van der Waals surface area (Å²) in [6.07, 6.45) is 0.715. The summed E-state index contributed by atoms with van der Waals surface area (Å²) < 4.78 is 5.64. The van der Waals surface area contributed by atoms with Crippen molar-refractivity contribution in [3.8, 4) is 5.75 Å². The second-order valence-electron chi connectivity index (χ2n) is 5.96. The first-order chi connectivity index (χ1) is 10.3. The maximum atomic E-state index is 12.8. The van der Waals surface area contributed by atoms with Gasteiger partial charge in [0.05, 0.1) is 0 Å². The number of fused-ring (bicyclic) bond motifs is 1. The molecule has 0 saturated heterocycles. The quantitative estimate of drug-likeness (QED) is 0.907. The Kier molecular flexibility index (Phi) is 4.74. The summed E-state index contributed by atoms with van der Waals surface area (Å²) in [5, 5.41) is 9.07. The van der Waals surface area contributed by atoms with E-state index in [-0.39, 0.29) is 25.1 Å². The van der Waals surface area contributed by atoms with Crippen LogP contribution in [-0.2, 0) is 9.59 Å². The van der Waals surface area contributed by atoms with Gasteiger partial charge >= 0.3 is 5.97 Å². The van der Waals surface area contributed by atoms with Gasteiger partial charge < -0.3 is 14.7 Å². The smallest absolute Gasteiger partial charge is 0.323 e. The summed E-state index contributed by atoms with van der Waals surface area (Å²) in [6, 6.07) is 3.82. The number of carbonyl (C=O) groups is 2. The number of carboxylic acids is 1. The van der Waals surface area contributed by atoms with Crippen LogP contribution in [0.5, 0.6) is 5.75 Å². The molecule has 2 atom stereocenters. The molecule has 0 aromatic heterocycles. The van der Waals surface area contributed by atoms with Gasteiger partial charge in [0, 0.05) is 11.6 Å². The number of amides is 1. The predicted octanol–water partition coefficient (Wildman–Crippen LogP) is 2.49. The van der Waals surface area contributed by atoms with Crippen molar-refractivity contribution in [3.05, 3.63) is 28.8 Å². The van der Waals surface area contributed by atoms with Crippen LogP contribution >= 0.6 is 0 Å². The molecule has 2 unspecified atom stereocenters. The highest BCUT2D eigenvalue weighted by atomic mass is 16.5. The first-order valence-electron chi connectivity index (χ1n) is 7.61. The molecule has 1 amide bonds. The number of aryl methyl sites for hydroxylation is 2. The highest BCUT2D eigenvalue weighted by molar-refractivity contribution is 5.88. The van der Waals surface area contributed by atoms with Crippen LogP contribution < -0.4 is 4.74 Å². The number of ether oxygens (including phenoxy) is 1. The lowest BCUT2D eigenvalue weighted by atomic mass is 9.95. The SMILES string of the molecule is CCC(C)N(CC(=O)O)C(=O)C1COc2cc(C)c(C)cc21. The monoisotopic (exact) mass is 305 g/mol. The van der Waals surface area contributed by atoms with E-state index in [0.29, 0.717) is 6.42 Å². The summed E-state index contributed by atoms with van der Waals surface area (Å²) in [7, 11) is 0. The standard InChI is InChI=1S/C17H23NO4/c1-5-12(4)18(8-16(19)20)17(21)14-9-22-15-7-11(3)10(2)6-13(14)15/h6-7,12,14H,5,8-9H2,1-4H3,(H,19,20). The minimum atomic E-state index is -0.993. The van der Waals surface area contributed by atoms with Crippen LogP contribution in [0.3, 0.4) is 0 Å². The maximum absolute atomic E-state index is 12.8. The second-order valence-corrected chi connectivity index (χ2v) is 5.96. The number of hydrogen-bond acceptors (Lipinski definition) is 3. The third-order valence-corrected chi connectivity index (χ3v) is 4.42. The van der Waals surface area contributed by atoms with Gasteiger partial charge in [0.15, 0.2) is 0 Å². The largest absolute Gasteiger partial charge is 0.492 e. The molecule has 5 heteroatoms. The Hall–Kier alpha value is -2.04. The minimum absolute atomic E-state index is 0.112. The van der Waals surface area contributed by atoms with Crippen LogP contribution in [0.4, 0.5) is 0 Å². The van der Waals surface area contributed by atoms with Gasteiger partial charge in [-0.3, -0.25) is 9.59 Å². The lowest BCUT2D eigenvalue weighted by molar-refractivity contribution is -0.146. The normalized spacial score (nSPS) is 17.5. The average molecular weight is 305 g/mol. The van der Waals surface area contributed by atoms with E-state index in [4.69, 9.17) is 9.84 Å². The minimum Gasteiger partial charge on any atom is -0.492 e. The van der Waals surface area contributed by atoms with Crippen LogP contribution in [-0.4, -0.2) is 41.1 Å². The Morgan fingerprint density at radius 2 is 2.00 bits per heavy atom. The van der Waals surface area contributed by atoms with E-state index in [0.717, 1.165) is 22.4 Å². The van der Waals surface area contributed by atoms with Crippen molar-refractivity contribution < 1.29 is 19.4 Å². The van der Waals surface area contributed by atoms with Crippen molar-refractivity contribution in [2.45, 2.75) is 46.1 Å². The molecule has 1 aliphatic heterocycles. The van der Waals surface area contributed by atoms with E-state index < -0.39 is 11.9 Å². The molecule has 120 valence electrons. The molecule has 22 heavy (non-hydrogen) atoms. The van der Waals surface area contributed by atoms with Crippen molar-refractivity contribution in [2.75, 3.05) is 13.2 Å². The van der Waals surface area contributed by atoms with Gasteiger partial charge in [0.1, 0.15) is 24.8 Å². The van der Waals surface area contributed by atoms with Gasteiger partial charge in [-0.05, 0) is 44.4 Å². The van der Waals surface area contributed by atoms with Crippen LogP contribution in [0.15, 0.2) is 12.1 Å². The van der Waals surface area contributed by atoms with Gasteiger partial charge in [0.2, 0.25) is 5.91 Å². The summed E-state index contributed by atoms with van der Waals surface area (Å²) in [5.74, 6) is -0.838. The molecule has 0 saturated carbocycles. The van der Waals surface area contributed by atoms with Crippen molar-refractivity contribution in [3.63, 3.8) is 0 Å². The van der Waals surface area contributed by atoms with Gasteiger partial charge in [0.25, 0.3) is 0 Å². The fraction of sp³-hybridized carbons (Fsp3) is 0.529. The molecule has 1 aromatic carbocycles. The second kappa shape index (κ2) is 6.38. The molecular weight excluding hydrogens is 282 g/mol. The predicted molar refractivity (Wildman–Crippen MR) is 83.3 cm³/mol. The molecule has 0 fully saturated rings. The van der Waals surface area contributed by atoms with Gasteiger partial charge in [-0.15, -0.1) is 0 Å². The third-order valence-electron chi connectivity index (χ3n) is 4.42. The van der Waals surface area contributed by atoms with Crippen molar-refractivity contribution in [1.29, 1.82) is 0 Å². The summed E-state index contributed by atoms with van der Waals surface area (Å²) in [5.41, 5.74) is 3.10. The number of carboxylic acid groups (broad SMARTS) is 1. The van der Waals surface area contributed by atoms with Crippen LogP contribution in [0.25, 0.3) is 0 Å². The number of aliphatic carboxylic acids is 1. The highest BCUT2D eigenvalue weighted by Gasteiger charge is 2.35. The Balaban J connectivity index is 2.30. The molecule has 0 bridgehead atoms. The fourth-order valence-electron chi connectivity index (χ4n) is 2.69. The number of benzene rings is 1. The molecular formula is C17H23NO4. The third kappa shape index (κ3) is 3.08. The molecule has 0 radical (unpaired) electrons. The van der Waals surface area contributed by atoms with Gasteiger partial charge in [-0.1, -0.05) is 13.0 Å². The van der Waals surface area contributed by atoms with Crippen molar-refractivity contribution in [2.24, 2.45) is 0 Å². The lowest BCUT2D eigenvalue weighted by Gasteiger charge is -2.29. The summed E-state index contributed by atoms with van der Waals surface area (Å²) in [4.78, 5) is 25.3. The molecule has 0 aliphatic carbocycles. The van der Waals surface area contributed by atoms with Crippen LogP contribution in [0, 0.1) is 13.8 Å². The van der Waals surface area contributed by atoms with E-state index in [1.54, 1.807) is 0 Å². The average Bonchev–Trinajstić information content (AvgIpc) is 2.86. The van der Waals surface area contributed by atoms with E-state index in [9.17, 15) is 9.59 Å². The topological polar surface area (TPSA) is 66.8 Å². The Labute approximate surface area is 130 Å². The van der Waals surface area contributed by atoms with Crippen molar-refractivity contribution in [1.82, 2.24) is 4.90 Å². The fourth-order valence-corrected chi connectivity index (χ4v) is 2.69. The first kappa shape index (κ1) is 16.3. The molecule has 0 spiro atoms. The molecule has 2 rings (SSSR count). The van der Waals surface area contributed by atoms with Crippen LogP contribution in [0.2, 0.25) is 0 Å². The first-order valence-corrected chi connectivity index (χ1v) is 7.61. The maximum Gasteiger partial charge on any atom is 0.323 e. The summed E-state index contributed by atoms with van der Waals surface area (Å²) in [6.45, 7) is 7.83. The van der Waals surface area contributed by atoms with E-state index in [1.807, 2.05) is 39.8 Å². The Bertz CT molecular complexity index is 597.